The monoisotopic (exact) mass is 449 g/mol. The van der Waals surface area contributed by atoms with E-state index in [1.165, 1.54) is 22.9 Å². The normalized spacial score (nSPS) is 17.8. The Morgan fingerprint density at radius 1 is 1.42 bits per heavy atom. The highest BCUT2D eigenvalue weighted by Gasteiger charge is 2.34. The van der Waals surface area contributed by atoms with Gasteiger partial charge in [0.05, 0.1) is 36.3 Å². The van der Waals surface area contributed by atoms with Gasteiger partial charge in [0.1, 0.15) is 11.5 Å². The van der Waals surface area contributed by atoms with E-state index in [0.717, 1.165) is 5.69 Å². The summed E-state index contributed by atoms with van der Waals surface area (Å²) in [5.74, 6) is -1.83. The molecule has 0 fully saturated rings. The van der Waals surface area contributed by atoms with Crippen LogP contribution in [0.3, 0.4) is 0 Å². The zero-order valence-electron chi connectivity index (χ0n) is 16.8. The van der Waals surface area contributed by atoms with Crippen LogP contribution in [0.25, 0.3) is 0 Å². The maximum atomic E-state index is 13.3. The molecule has 2 N–H and O–H groups in total. The number of nitrogens with zero attached hydrogens (tertiary/aromatic N) is 3. The number of hydrogen-bond acceptors (Lipinski definition) is 5. The molecule has 0 aliphatic carbocycles. The van der Waals surface area contributed by atoms with E-state index in [1.807, 2.05) is 0 Å². The van der Waals surface area contributed by atoms with E-state index in [4.69, 9.17) is 16.3 Å². The average Bonchev–Trinajstić information content (AvgIpc) is 3.02. The molecule has 2 aliphatic rings. The minimum absolute atomic E-state index is 0.0893. The number of aromatic nitrogens is 2. The van der Waals surface area contributed by atoms with Crippen LogP contribution in [0.1, 0.15) is 28.7 Å². The molecule has 31 heavy (non-hydrogen) atoms. The molecule has 1 unspecified atom stereocenters. The summed E-state index contributed by atoms with van der Waals surface area (Å²) in [6.07, 6.45) is 0.463. The number of fused-ring (bicyclic) bond motifs is 3. The number of ether oxygens (including phenoxy) is 1. The largest absolute Gasteiger partial charge is 0.466 e. The van der Waals surface area contributed by atoms with Gasteiger partial charge in [-0.25, -0.2) is 9.18 Å². The Balaban J connectivity index is 1.53. The van der Waals surface area contributed by atoms with Gasteiger partial charge in [-0.2, -0.15) is 5.10 Å². The van der Waals surface area contributed by atoms with Crippen LogP contribution >= 0.6 is 11.6 Å². The van der Waals surface area contributed by atoms with E-state index in [1.54, 1.807) is 11.8 Å². The van der Waals surface area contributed by atoms with Gasteiger partial charge >= 0.3 is 12.0 Å². The molecular formula is C20H21ClFN5O4. The Hall–Kier alpha value is -3.14. The zero-order valence-corrected chi connectivity index (χ0v) is 17.5. The average molecular weight is 450 g/mol. The molecule has 4 rings (SSSR count). The van der Waals surface area contributed by atoms with E-state index < -0.39 is 17.8 Å². The van der Waals surface area contributed by atoms with Crippen molar-refractivity contribution in [3.63, 3.8) is 0 Å². The van der Waals surface area contributed by atoms with Crippen LogP contribution in [-0.4, -0.2) is 52.3 Å². The lowest BCUT2D eigenvalue weighted by molar-refractivity contribution is -0.148. The molecule has 1 aromatic heterocycles. The topological polar surface area (TPSA) is 106 Å². The third-order valence-electron chi connectivity index (χ3n) is 5.30. The van der Waals surface area contributed by atoms with E-state index >= 15 is 0 Å². The number of carbonyl (C=O) groups excluding carboxylic acids is 3. The summed E-state index contributed by atoms with van der Waals surface area (Å²) < 4.78 is 20.0. The molecule has 0 saturated heterocycles. The number of carbonyl (C=O) groups is 3. The summed E-state index contributed by atoms with van der Waals surface area (Å²) in [4.78, 5) is 39.1. The first-order valence-corrected chi connectivity index (χ1v) is 10.3. The van der Waals surface area contributed by atoms with Gasteiger partial charge in [0, 0.05) is 30.8 Å². The van der Waals surface area contributed by atoms with Crippen molar-refractivity contribution < 1.29 is 23.5 Å². The minimum atomic E-state index is -0.572. The first kappa shape index (κ1) is 21.1. The number of anilines is 1. The molecule has 1 atom stereocenters. The molecule has 3 amide bonds. The summed E-state index contributed by atoms with van der Waals surface area (Å²) in [5.41, 5.74) is 2.10. The van der Waals surface area contributed by atoms with Crippen LogP contribution in [0.2, 0.25) is 5.02 Å². The first-order chi connectivity index (χ1) is 14.9. The van der Waals surface area contributed by atoms with E-state index in [0.29, 0.717) is 29.9 Å². The van der Waals surface area contributed by atoms with Gasteiger partial charge < -0.3 is 20.3 Å². The fraction of sp³-hybridized carbons (Fsp3) is 0.400. The molecule has 3 heterocycles. The number of nitrogens with one attached hydrogen (secondary N) is 2. The third-order valence-corrected chi connectivity index (χ3v) is 5.59. The molecule has 0 radical (unpaired) electrons. The highest BCUT2D eigenvalue weighted by atomic mass is 35.5. The van der Waals surface area contributed by atoms with Gasteiger partial charge in [-0.3, -0.25) is 14.3 Å². The zero-order chi connectivity index (χ0) is 22.1. The molecular weight excluding hydrogens is 429 g/mol. The van der Waals surface area contributed by atoms with Crippen LogP contribution in [0.5, 0.6) is 0 Å². The smallest absolute Gasteiger partial charge is 0.322 e. The summed E-state index contributed by atoms with van der Waals surface area (Å²) in [6.45, 7) is 2.95. The minimum Gasteiger partial charge on any atom is -0.466 e. The fourth-order valence-electron chi connectivity index (χ4n) is 3.75. The lowest BCUT2D eigenvalue weighted by atomic mass is 10.1. The van der Waals surface area contributed by atoms with Gasteiger partial charge in [0.15, 0.2) is 0 Å². The van der Waals surface area contributed by atoms with Crippen molar-refractivity contribution in [1.29, 1.82) is 0 Å². The summed E-state index contributed by atoms with van der Waals surface area (Å²) in [5, 5.41) is 9.88. The van der Waals surface area contributed by atoms with Crippen LogP contribution in [0.4, 0.5) is 14.9 Å². The van der Waals surface area contributed by atoms with Gasteiger partial charge in [-0.15, -0.1) is 0 Å². The quantitative estimate of drug-likeness (QED) is 0.699. The second-order valence-corrected chi connectivity index (χ2v) is 7.75. The number of esters is 1. The Morgan fingerprint density at radius 3 is 2.97 bits per heavy atom. The van der Waals surface area contributed by atoms with Crippen molar-refractivity contribution in [1.82, 2.24) is 20.0 Å². The molecule has 0 saturated carbocycles. The standard InChI is InChI=1S/C20H21ClFN5O4/c1-2-31-19(29)11-8-23-18(28)17-13-10-26(6-5-16(13)25-27(17)9-11)20(30)24-12-3-4-15(22)14(21)7-12/h3-4,7,11H,2,5-6,8-10H2,1H3,(H,23,28)(H,24,30). The lowest BCUT2D eigenvalue weighted by Gasteiger charge is -2.27. The maximum Gasteiger partial charge on any atom is 0.322 e. The van der Waals surface area contributed by atoms with E-state index in [-0.39, 0.29) is 43.1 Å². The Morgan fingerprint density at radius 2 is 2.23 bits per heavy atom. The molecule has 2 aliphatic heterocycles. The first-order valence-electron chi connectivity index (χ1n) is 9.91. The third kappa shape index (κ3) is 4.20. The highest BCUT2D eigenvalue weighted by molar-refractivity contribution is 6.31. The van der Waals surface area contributed by atoms with Crippen molar-refractivity contribution in [3.05, 3.63) is 46.0 Å². The summed E-state index contributed by atoms with van der Waals surface area (Å²) >= 11 is 5.77. The van der Waals surface area contributed by atoms with Crippen LogP contribution < -0.4 is 10.6 Å². The number of amides is 3. The number of benzene rings is 1. The molecule has 1 aromatic carbocycles. The summed E-state index contributed by atoms with van der Waals surface area (Å²) in [6, 6.07) is 3.53. The molecule has 0 bridgehead atoms. The number of hydrogen-bond donors (Lipinski definition) is 2. The van der Waals surface area contributed by atoms with Crippen molar-refractivity contribution in [2.75, 3.05) is 25.0 Å². The number of urea groups is 1. The lowest BCUT2D eigenvalue weighted by Crippen LogP contribution is -2.39. The maximum absolute atomic E-state index is 13.3. The van der Waals surface area contributed by atoms with Crippen molar-refractivity contribution >= 4 is 35.2 Å². The van der Waals surface area contributed by atoms with Crippen molar-refractivity contribution in [3.8, 4) is 0 Å². The Labute approximate surface area is 182 Å². The Kier molecular flexibility index (Phi) is 5.81. The van der Waals surface area contributed by atoms with Gasteiger partial charge in [0.2, 0.25) is 0 Å². The van der Waals surface area contributed by atoms with Gasteiger partial charge in [-0.05, 0) is 25.1 Å². The predicted octanol–water partition coefficient (Wildman–Crippen LogP) is 2.19. The SMILES string of the molecule is CCOC(=O)C1CNC(=O)c2c3c(nn2C1)CCN(C(=O)Nc1ccc(F)c(Cl)c1)C3. The second-order valence-electron chi connectivity index (χ2n) is 7.35. The van der Waals surface area contributed by atoms with Crippen LogP contribution in [0, 0.1) is 11.7 Å². The Bertz CT molecular complexity index is 1060. The highest BCUT2D eigenvalue weighted by Crippen LogP contribution is 2.26. The van der Waals surface area contributed by atoms with Gasteiger partial charge in [-0.1, -0.05) is 11.6 Å². The second kappa shape index (κ2) is 8.54. The molecule has 2 aromatic rings. The molecule has 11 heteroatoms. The summed E-state index contributed by atoms with van der Waals surface area (Å²) in [7, 11) is 0. The molecule has 0 spiro atoms. The molecule has 9 nitrogen and oxygen atoms in total. The number of halogens is 2. The van der Waals surface area contributed by atoms with Crippen LogP contribution in [0.15, 0.2) is 18.2 Å². The van der Waals surface area contributed by atoms with Crippen LogP contribution in [-0.2, 0) is 29.0 Å². The molecule has 164 valence electrons. The van der Waals surface area contributed by atoms with Crippen molar-refractivity contribution in [2.24, 2.45) is 5.92 Å². The fourth-order valence-corrected chi connectivity index (χ4v) is 3.93. The van der Waals surface area contributed by atoms with Gasteiger partial charge in [0.25, 0.3) is 5.91 Å². The predicted molar refractivity (Wildman–Crippen MR) is 109 cm³/mol. The van der Waals surface area contributed by atoms with Crippen molar-refractivity contribution in [2.45, 2.75) is 26.4 Å². The number of rotatable bonds is 3. The van der Waals surface area contributed by atoms with E-state index in [2.05, 4.69) is 15.7 Å². The van der Waals surface area contributed by atoms with E-state index in [9.17, 15) is 18.8 Å².